The van der Waals surface area contributed by atoms with Crippen molar-refractivity contribution < 1.29 is 4.42 Å². The van der Waals surface area contributed by atoms with Crippen LogP contribution in [0.3, 0.4) is 0 Å². The highest BCUT2D eigenvalue weighted by Crippen LogP contribution is 2.19. The standard InChI is InChI=1S/C10H6NO/c11-6-5-9-7-8-3-1-2-4-10(8)12-9/h1-5,7H. The Labute approximate surface area is 70.0 Å². The van der Waals surface area contributed by atoms with Gasteiger partial charge >= 0.3 is 0 Å². The van der Waals surface area contributed by atoms with Crippen LogP contribution in [0.4, 0.5) is 0 Å². The number of para-hydroxylation sites is 1. The van der Waals surface area contributed by atoms with Crippen molar-refractivity contribution in [2.45, 2.75) is 0 Å². The largest absolute Gasteiger partial charge is 0.460 e. The summed E-state index contributed by atoms with van der Waals surface area (Å²) in [5, 5.41) is 9.41. The molecule has 57 valence electrons. The number of hydrogen-bond acceptors (Lipinski definition) is 2. The minimum Gasteiger partial charge on any atom is -0.460 e. The molecule has 0 amide bonds. The zero-order chi connectivity index (χ0) is 8.39. The quantitative estimate of drug-likeness (QED) is 0.636. The predicted molar refractivity (Wildman–Crippen MR) is 45.2 cm³/mol. The summed E-state index contributed by atoms with van der Waals surface area (Å²) >= 11 is 0. The molecule has 2 rings (SSSR count). The van der Waals surface area contributed by atoms with Crippen molar-refractivity contribution in [3.8, 4) is 6.07 Å². The molecule has 2 heteroatoms. The van der Waals surface area contributed by atoms with Gasteiger partial charge in [0.1, 0.15) is 17.8 Å². The normalized spacial score (nSPS) is 9.92. The maximum Gasteiger partial charge on any atom is 0.134 e. The molecule has 1 heterocycles. The van der Waals surface area contributed by atoms with Crippen LogP contribution in [-0.2, 0) is 0 Å². The Morgan fingerprint density at radius 2 is 2.17 bits per heavy atom. The molecular formula is C10H6NO. The van der Waals surface area contributed by atoms with Crippen LogP contribution in [0.25, 0.3) is 11.0 Å². The zero-order valence-corrected chi connectivity index (χ0v) is 6.32. The summed E-state index contributed by atoms with van der Waals surface area (Å²) in [4.78, 5) is 0. The molecule has 0 spiro atoms. The van der Waals surface area contributed by atoms with Gasteiger partial charge < -0.3 is 4.42 Å². The Morgan fingerprint density at radius 3 is 2.92 bits per heavy atom. The SMILES string of the molecule is N#C[CH]c1cc2ccccc2o1. The Balaban J connectivity index is 2.56. The van der Waals surface area contributed by atoms with Crippen molar-refractivity contribution in [3.05, 3.63) is 42.5 Å². The summed E-state index contributed by atoms with van der Waals surface area (Å²) in [5.74, 6) is 0.610. The molecule has 1 aromatic heterocycles. The maximum absolute atomic E-state index is 8.38. The summed E-state index contributed by atoms with van der Waals surface area (Å²) in [6, 6.07) is 11.4. The van der Waals surface area contributed by atoms with E-state index in [-0.39, 0.29) is 0 Å². The van der Waals surface area contributed by atoms with Crippen LogP contribution in [0.15, 0.2) is 34.7 Å². The Morgan fingerprint density at radius 1 is 1.33 bits per heavy atom. The molecule has 2 aromatic rings. The number of nitriles is 1. The van der Waals surface area contributed by atoms with Crippen molar-refractivity contribution in [3.63, 3.8) is 0 Å². The lowest BCUT2D eigenvalue weighted by atomic mass is 10.2. The summed E-state index contributed by atoms with van der Waals surface area (Å²) in [6.45, 7) is 0. The van der Waals surface area contributed by atoms with Crippen LogP contribution in [-0.4, -0.2) is 0 Å². The third kappa shape index (κ3) is 1.06. The van der Waals surface area contributed by atoms with Gasteiger partial charge in [-0.1, -0.05) is 18.2 Å². The van der Waals surface area contributed by atoms with E-state index >= 15 is 0 Å². The van der Waals surface area contributed by atoms with E-state index in [1.807, 2.05) is 36.4 Å². The molecule has 0 saturated carbocycles. The van der Waals surface area contributed by atoms with Crippen molar-refractivity contribution in [2.75, 3.05) is 0 Å². The van der Waals surface area contributed by atoms with Gasteiger partial charge in [-0.3, -0.25) is 0 Å². The molecule has 0 atom stereocenters. The van der Waals surface area contributed by atoms with E-state index in [2.05, 4.69) is 0 Å². The molecule has 1 radical (unpaired) electrons. The van der Waals surface area contributed by atoms with Gasteiger partial charge in [0.25, 0.3) is 0 Å². The van der Waals surface area contributed by atoms with Crippen molar-refractivity contribution in [1.82, 2.24) is 0 Å². The fourth-order valence-corrected chi connectivity index (χ4v) is 1.14. The first-order valence-corrected chi connectivity index (χ1v) is 3.61. The Bertz CT molecular complexity index is 403. The fourth-order valence-electron chi connectivity index (χ4n) is 1.14. The number of benzene rings is 1. The Kier molecular flexibility index (Phi) is 1.56. The van der Waals surface area contributed by atoms with Crippen LogP contribution < -0.4 is 0 Å². The molecule has 0 aliphatic rings. The van der Waals surface area contributed by atoms with E-state index in [9.17, 15) is 0 Å². The monoisotopic (exact) mass is 156 g/mol. The molecule has 0 aliphatic carbocycles. The molecule has 12 heavy (non-hydrogen) atoms. The van der Waals surface area contributed by atoms with Crippen molar-refractivity contribution >= 4 is 11.0 Å². The average molecular weight is 156 g/mol. The number of fused-ring (bicyclic) bond motifs is 1. The highest BCUT2D eigenvalue weighted by atomic mass is 16.3. The van der Waals surface area contributed by atoms with Gasteiger partial charge in [-0.05, 0) is 12.1 Å². The smallest absolute Gasteiger partial charge is 0.134 e. The lowest BCUT2D eigenvalue weighted by Gasteiger charge is -1.82. The third-order valence-electron chi connectivity index (χ3n) is 1.65. The van der Waals surface area contributed by atoms with Crippen molar-refractivity contribution in [1.29, 1.82) is 5.26 Å². The molecule has 0 N–H and O–H groups in total. The second-order valence-electron chi connectivity index (χ2n) is 2.46. The minimum atomic E-state index is 0.610. The summed E-state index contributed by atoms with van der Waals surface area (Å²) < 4.78 is 5.33. The van der Waals surface area contributed by atoms with Gasteiger partial charge in [0.05, 0.1) is 6.07 Å². The van der Waals surface area contributed by atoms with Gasteiger partial charge in [-0.25, -0.2) is 0 Å². The average Bonchev–Trinajstić information content (AvgIpc) is 2.47. The lowest BCUT2D eigenvalue weighted by Crippen LogP contribution is -1.67. The number of hydrogen-bond donors (Lipinski definition) is 0. The van der Waals surface area contributed by atoms with Crippen LogP contribution in [0, 0.1) is 17.8 Å². The molecule has 0 bridgehead atoms. The van der Waals surface area contributed by atoms with E-state index < -0.39 is 0 Å². The lowest BCUT2D eigenvalue weighted by molar-refractivity contribution is 0.589. The number of rotatable bonds is 1. The summed E-state index contributed by atoms with van der Waals surface area (Å²) in [7, 11) is 0. The zero-order valence-electron chi connectivity index (χ0n) is 6.32. The van der Waals surface area contributed by atoms with Gasteiger partial charge in [0, 0.05) is 5.39 Å². The van der Waals surface area contributed by atoms with E-state index in [0.29, 0.717) is 5.76 Å². The van der Waals surface area contributed by atoms with Crippen molar-refractivity contribution in [2.24, 2.45) is 0 Å². The second-order valence-corrected chi connectivity index (χ2v) is 2.46. The molecule has 0 aliphatic heterocycles. The van der Waals surface area contributed by atoms with Crippen LogP contribution in [0.2, 0.25) is 0 Å². The summed E-state index contributed by atoms with van der Waals surface area (Å²) in [6.07, 6.45) is 1.39. The molecule has 2 nitrogen and oxygen atoms in total. The molecule has 1 aromatic carbocycles. The van der Waals surface area contributed by atoms with E-state index in [1.54, 1.807) is 0 Å². The molecule has 0 fully saturated rings. The first-order valence-electron chi connectivity index (χ1n) is 3.61. The third-order valence-corrected chi connectivity index (χ3v) is 1.65. The van der Waals surface area contributed by atoms with E-state index in [0.717, 1.165) is 11.0 Å². The van der Waals surface area contributed by atoms with Crippen LogP contribution >= 0.6 is 0 Å². The highest BCUT2D eigenvalue weighted by molar-refractivity contribution is 5.78. The maximum atomic E-state index is 8.38. The summed E-state index contributed by atoms with van der Waals surface area (Å²) in [5.41, 5.74) is 0.819. The number of furan rings is 1. The first kappa shape index (κ1) is 6.93. The van der Waals surface area contributed by atoms with Gasteiger partial charge in [-0.2, -0.15) is 5.26 Å². The van der Waals surface area contributed by atoms with E-state index in [1.165, 1.54) is 6.42 Å². The predicted octanol–water partition coefficient (Wildman–Crippen LogP) is 2.51. The van der Waals surface area contributed by atoms with Gasteiger partial charge in [0.2, 0.25) is 0 Å². The van der Waals surface area contributed by atoms with Gasteiger partial charge in [-0.15, -0.1) is 0 Å². The first-order chi connectivity index (χ1) is 5.90. The number of nitrogens with zero attached hydrogens (tertiary/aromatic N) is 1. The fraction of sp³-hybridized carbons (Fsp3) is 0. The highest BCUT2D eigenvalue weighted by Gasteiger charge is 2.01. The minimum absolute atomic E-state index is 0.610. The molecule has 0 unspecified atom stereocenters. The molecule has 0 saturated heterocycles. The van der Waals surface area contributed by atoms with Gasteiger partial charge in [0.15, 0.2) is 0 Å². The van der Waals surface area contributed by atoms with Crippen LogP contribution in [0.1, 0.15) is 5.76 Å². The van der Waals surface area contributed by atoms with E-state index in [4.69, 9.17) is 9.68 Å². The van der Waals surface area contributed by atoms with Crippen LogP contribution in [0.5, 0.6) is 0 Å². The topological polar surface area (TPSA) is 36.9 Å². The second kappa shape index (κ2) is 2.71. The molecular weight excluding hydrogens is 150 g/mol. The Hall–Kier alpha value is -1.75.